The first-order valence-corrected chi connectivity index (χ1v) is 12.6. The minimum atomic E-state index is -0.634. The van der Waals surface area contributed by atoms with Gasteiger partial charge in [-0.1, -0.05) is 96.1 Å². The molecule has 1 aromatic carbocycles. The maximum Gasteiger partial charge on any atom is 0.376 e. The van der Waals surface area contributed by atoms with Crippen LogP contribution >= 0.6 is 0 Å². The lowest BCUT2D eigenvalue weighted by Gasteiger charge is -2.10. The van der Waals surface area contributed by atoms with Crippen LogP contribution in [0, 0.1) is 0 Å². The van der Waals surface area contributed by atoms with Gasteiger partial charge in [-0.15, -0.1) is 0 Å². The van der Waals surface area contributed by atoms with Crippen molar-refractivity contribution in [2.45, 2.75) is 104 Å². The molecular weight excluding hydrogens is 416 g/mol. The van der Waals surface area contributed by atoms with E-state index in [4.69, 9.17) is 5.90 Å². The molecule has 0 spiro atoms. The topological polar surface area (TPSA) is 90.6 Å². The fraction of sp³-hybridized carbons (Fsp3) is 0.630. The second-order valence-electron chi connectivity index (χ2n) is 8.68. The van der Waals surface area contributed by atoms with Gasteiger partial charge in [0.15, 0.2) is 0 Å². The number of allylic oxidation sites excluding steroid dienone is 1. The first-order chi connectivity index (χ1) is 16.0. The maximum absolute atomic E-state index is 12.2. The molecule has 0 aliphatic carbocycles. The molecule has 3 N–H and O–H groups in total. The number of nitrogens with two attached hydrogens (primary N) is 1. The van der Waals surface area contributed by atoms with Gasteiger partial charge in [-0.05, 0) is 31.0 Å². The molecule has 186 valence electrons. The summed E-state index contributed by atoms with van der Waals surface area (Å²) in [6, 6.07) is 7.20. The average Bonchev–Trinajstić information content (AvgIpc) is 2.82. The Kier molecular flexibility index (Phi) is 15.8. The van der Waals surface area contributed by atoms with Crippen LogP contribution in [0.4, 0.5) is 5.69 Å². The normalized spacial score (nSPS) is 11.6. The molecule has 6 nitrogen and oxygen atoms in total. The standard InChI is InChI=1S/C27H44N2O4/c1-4-5-6-7-8-9-10-11-12-13-14-15-16-17-25(30)29-24-20-18-23(19-21-24)22(2)26(33-28)27(31)32-3/h18-21H,4-17,28H2,1-3H3,(H,29,30). The number of hydrogen-bond acceptors (Lipinski definition) is 5. The van der Waals surface area contributed by atoms with Crippen molar-refractivity contribution in [1.82, 2.24) is 0 Å². The second-order valence-corrected chi connectivity index (χ2v) is 8.68. The summed E-state index contributed by atoms with van der Waals surface area (Å²) in [5.41, 5.74) is 2.05. The zero-order chi connectivity index (χ0) is 24.3. The van der Waals surface area contributed by atoms with Crippen molar-refractivity contribution in [3.05, 3.63) is 35.6 Å². The summed E-state index contributed by atoms with van der Waals surface area (Å²) in [6.45, 7) is 3.98. The number of esters is 1. The summed E-state index contributed by atoms with van der Waals surface area (Å²) < 4.78 is 4.66. The van der Waals surface area contributed by atoms with Crippen molar-refractivity contribution < 1.29 is 19.2 Å². The first kappa shape index (κ1) is 28.7. The van der Waals surface area contributed by atoms with Crippen molar-refractivity contribution in [1.29, 1.82) is 0 Å². The number of rotatable bonds is 18. The number of carbonyl (C=O) groups excluding carboxylic acids is 2. The Bertz CT molecular complexity index is 713. The van der Waals surface area contributed by atoms with E-state index in [2.05, 4.69) is 21.8 Å². The van der Waals surface area contributed by atoms with Crippen LogP contribution in [-0.2, 0) is 19.2 Å². The third-order valence-corrected chi connectivity index (χ3v) is 5.94. The molecule has 0 bridgehead atoms. The van der Waals surface area contributed by atoms with E-state index in [1.807, 2.05) is 0 Å². The highest BCUT2D eigenvalue weighted by Gasteiger charge is 2.16. The maximum atomic E-state index is 12.2. The molecule has 0 saturated heterocycles. The van der Waals surface area contributed by atoms with Crippen LogP contribution in [0.1, 0.15) is 109 Å². The molecule has 0 saturated carbocycles. The monoisotopic (exact) mass is 460 g/mol. The van der Waals surface area contributed by atoms with Gasteiger partial charge in [0.25, 0.3) is 0 Å². The van der Waals surface area contributed by atoms with Gasteiger partial charge in [0.2, 0.25) is 11.7 Å². The number of amides is 1. The minimum Gasteiger partial charge on any atom is -0.463 e. The Morgan fingerprint density at radius 3 is 1.76 bits per heavy atom. The fourth-order valence-electron chi connectivity index (χ4n) is 3.84. The number of carbonyl (C=O) groups is 2. The van der Waals surface area contributed by atoms with E-state index in [1.54, 1.807) is 31.2 Å². The van der Waals surface area contributed by atoms with Gasteiger partial charge in [0.05, 0.1) is 7.11 Å². The van der Waals surface area contributed by atoms with Crippen LogP contribution in [0.2, 0.25) is 0 Å². The highest BCUT2D eigenvalue weighted by Crippen LogP contribution is 2.21. The van der Waals surface area contributed by atoms with Crippen molar-refractivity contribution >= 4 is 23.1 Å². The molecule has 0 atom stereocenters. The molecule has 0 fully saturated rings. The van der Waals surface area contributed by atoms with Crippen LogP contribution in [-0.4, -0.2) is 19.0 Å². The highest BCUT2D eigenvalue weighted by atomic mass is 16.6. The lowest BCUT2D eigenvalue weighted by molar-refractivity contribution is -0.140. The first-order valence-electron chi connectivity index (χ1n) is 12.6. The molecule has 0 aliphatic rings. The molecule has 6 heteroatoms. The Morgan fingerprint density at radius 2 is 1.30 bits per heavy atom. The molecule has 0 aliphatic heterocycles. The van der Waals surface area contributed by atoms with E-state index in [1.165, 1.54) is 77.7 Å². The molecule has 0 unspecified atom stereocenters. The summed E-state index contributed by atoms with van der Waals surface area (Å²) in [4.78, 5) is 28.6. The van der Waals surface area contributed by atoms with Gasteiger partial charge < -0.3 is 14.9 Å². The summed E-state index contributed by atoms with van der Waals surface area (Å²) in [6.07, 6.45) is 17.3. The Hall–Kier alpha value is -2.34. The lowest BCUT2D eigenvalue weighted by Crippen LogP contribution is -2.13. The molecule has 0 aromatic heterocycles. The number of anilines is 1. The Morgan fingerprint density at radius 1 is 0.818 bits per heavy atom. The zero-order valence-corrected chi connectivity index (χ0v) is 20.9. The molecule has 33 heavy (non-hydrogen) atoms. The largest absolute Gasteiger partial charge is 0.463 e. The number of unbranched alkanes of at least 4 members (excludes halogenated alkanes) is 12. The lowest BCUT2D eigenvalue weighted by atomic mass is 10.0. The average molecular weight is 461 g/mol. The van der Waals surface area contributed by atoms with Gasteiger partial charge in [-0.25, -0.2) is 4.79 Å². The quantitative estimate of drug-likeness (QED) is 0.0817. The second kappa shape index (κ2) is 18.1. The van der Waals surface area contributed by atoms with Crippen LogP contribution < -0.4 is 11.2 Å². The van der Waals surface area contributed by atoms with Crippen LogP contribution in [0.5, 0.6) is 0 Å². The molecule has 1 aromatic rings. The van der Waals surface area contributed by atoms with E-state index in [9.17, 15) is 9.59 Å². The highest BCUT2D eigenvalue weighted by molar-refractivity contribution is 5.95. The molecule has 1 amide bonds. The van der Waals surface area contributed by atoms with E-state index in [0.29, 0.717) is 12.0 Å². The van der Waals surface area contributed by atoms with Crippen LogP contribution in [0.15, 0.2) is 30.0 Å². The van der Waals surface area contributed by atoms with E-state index >= 15 is 0 Å². The molecule has 1 rings (SSSR count). The van der Waals surface area contributed by atoms with Gasteiger partial charge >= 0.3 is 5.97 Å². The number of ether oxygens (including phenoxy) is 1. The van der Waals surface area contributed by atoms with E-state index in [-0.39, 0.29) is 11.7 Å². The number of hydrogen-bond donors (Lipinski definition) is 2. The number of nitrogens with one attached hydrogen (secondary N) is 1. The predicted molar refractivity (Wildman–Crippen MR) is 135 cm³/mol. The summed E-state index contributed by atoms with van der Waals surface area (Å²) in [5, 5.41) is 2.93. The Labute approximate surface area is 200 Å². The van der Waals surface area contributed by atoms with Crippen molar-refractivity contribution in [2.75, 3.05) is 12.4 Å². The predicted octanol–water partition coefficient (Wildman–Crippen LogP) is 6.90. The van der Waals surface area contributed by atoms with Crippen molar-refractivity contribution in [3.63, 3.8) is 0 Å². The number of methoxy groups -OCH3 is 1. The molecule has 0 heterocycles. The van der Waals surface area contributed by atoms with Crippen molar-refractivity contribution in [3.8, 4) is 0 Å². The van der Waals surface area contributed by atoms with Gasteiger partial charge in [0.1, 0.15) is 0 Å². The summed E-state index contributed by atoms with van der Waals surface area (Å²) in [7, 11) is 1.27. The third kappa shape index (κ3) is 12.5. The van der Waals surface area contributed by atoms with Crippen LogP contribution in [0.25, 0.3) is 5.57 Å². The van der Waals surface area contributed by atoms with Crippen LogP contribution in [0.3, 0.4) is 0 Å². The van der Waals surface area contributed by atoms with Crippen molar-refractivity contribution in [2.24, 2.45) is 5.90 Å². The van der Waals surface area contributed by atoms with E-state index in [0.717, 1.165) is 24.1 Å². The number of benzene rings is 1. The Balaban J connectivity index is 2.18. The summed E-state index contributed by atoms with van der Waals surface area (Å²) in [5.74, 6) is 4.54. The fourth-order valence-corrected chi connectivity index (χ4v) is 3.84. The smallest absolute Gasteiger partial charge is 0.376 e. The SMILES string of the molecule is CCCCCCCCCCCCCCCC(=O)Nc1ccc(C(C)=C(ON)C(=O)OC)cc1. The minimum absolute atomic E-state index is 0.0265. The van der Waals surface area contributed by atoms with E-state index < -0.39 is 5.97 Å². The van der Waals surface area contributed by atoms with Gasteiger partial charge in [-0.2, -0.15) is 5.90 Å². The molecular formula is C27H44N2O4. The third-order valence-electron chi connectivity index (χ3n) is 5.94. The van der Waals surface area contributed by atoms with Gasteiger partial charge in [-0.3, -0.25) is 4.79 Å². The summed E-state index contributed by atoms with van der Waals surface area (Å²) >= 11 is 0. The zero-order valence-electron chi connectivity index (χ0n) is 20.9. The molecule has 0 radical (unpaired) electrons. The van der Waals surface area contributed by atoms with Gasteiger partial charge in [0, 0.05) is 17.7 Å².